The summed E-state index contributed by atoms with van der Waals surface area (Å²) >= 11 is 0. The van der Waals surface area contributed by atoms with Crippen LogP contribution in [0.2, 0.25) is 0 Å². The summed E-state index contributed by atoms with van der Waals surface area (Å²) in [4.78, 5) is 2.40. The maximum absolute atomic E-state index is 5.69. The van der Waals surface area contributed by atoms with E-state index in [2.05, 4.69) is 34.3 Å². The molecular formula is C13H16N4. The SMILES string of the molecule is Cn1nc(N)cc1CN1Cc2ccccc2C1. The summed E-state index contributed by atoms with van der Waals surface area (Å²) in [5.74, 6) is 0.596. The van der Waals surface area contributed by atoms with Crippen LogP contribution in [0.1, 0.15) is 16.8 Å². The first-order valence-electron chi connectivity index (χ1n) is 5.80. The lowest BCUT2D eigenvalue weighted by molar-refractivity contribution is 0.267. The summed E-state index contributed by atoms with van der Waals surface area (Å²) < 4.78 is 1.86. The van der Waals surface area contributed by atoms with Crippen LogP contribution in [-0.2, 0) is 26.7 Å². The van der Waals surface area contributed by atoms with E-state index in [-0.39, 0.29) is 0 Å². The van der Waals surface area contributed by atoms with Gasteiger partial charge in [0.25, 0.3) is 0 Å². The van der Waals surface area contributed by atoms with Gasteiger partial charge in [-0.15, -0.1) is 0 Å². The topological polar surface area (TPSA) is 47.1 Å². The van der Waals surface area contributed by atoms with E-state index in [1.54, 1.807) is 0 Å². The number of hydrogen-bond acceptors (Lipinski definition) is 3. The third-order valence-electron chi connectivity index (χ3n) is 3.29. The lowest BCUT2D eigenvalue weighted by Gasteiger charge is -2.14. The minimum atomic E-state index is 0.596. The number of rotatable bonds is 2. The zero-order chi connectivity index (χ0) is 11.8. The summed E-state index contributed by atoms with van der Waals surface area (Å²) in [6, 6.07) is 10.6. The van der Waals surface area contributed by atoms with Gasteiger partial charge in [-0.05, 0) is 11.1 Å². The summed E-state index contributed by atoms with van der Waals surface area (Å²) in [7, 11) is 1.94. The first-order chi connectivity index (χ1) is 8.22. The predicted molar refractivity (Wildman–Crippen MR) is 67.0 cm³/mol. The molecular weight excluding hydrogens is 212 g/mol. The lowest BCUT2D eigenvalue weighted by Crippen LogP contribution is -2.17. The predicted octanol–water partition coefficient (Wildman–Crippen LogP) is 1.52. The number of aryl methyl sites for hydroxylation is 1. The Morgan fingerprint density at radius 1 is 1.24 bits per heavy atom. The third-order valence-corrected chi connectivity index (χ3v) is 3.29. The number of benzene rings is 1. The van der Waals surface area contributed by atoms with Crippen molar-refractivity contribution in [2.45, 2.75) is 19.6 Å². The van der Waals surface area contributed by atoms with E-state index in [0.29, 0.717) is 5.82 Å². The highest BCUT2D eigenvalue weighted by molar-refractivity contribution is 5.32. The second-order valence-corrected chi connectivity index (χ2v) is 4.60. The molecule has 0 fully saturated rings. The Labute approximate surface area is 101 Å². The molecule has 0 bridgehead atoms. The fraction of sp³-hybridized carbons (Fsp3) is 0.308. The van der Waals surface area contributed by atoms with Gasteiger partial charge in [0.15, 0.2) is 0 Å². The molecule has 0 unspecified atom stereocenters. The van der Waals surface area contributed by atoms with Crippen LogP contribution >= 0.6 is 0 Å². The lowest BCUT2D eigenvalue weighted by atomic mass is 10.1. The second-order valence-electron chi connectivity index (χ2n) is 4.60. The number of aromatic nitrogens is 2. The van der Waals surface area contributed by atoms with Gasteiger partial charge >= 0.3 is 0 Å². The van der Waals surface area contributed by atoms with Gasteiger partial charge in [-0.1, -0.05) is 24.3 Å². The van der Waals surface area contributed by atoms with Crippen molar-refractivity contribution in [2.75, 3.05) is 5.73 Å². The van der Waals surface area contributed by atoms with Crippen molar-refractivity contribution < 1.29 is 0 Å². The van der Waals surface area contributed by atoms with E-state index in [9.17, 15) is 0 Å². The van der Waals surface area contributed by atoms with Crippen molar-refractivity contribution in [3.8, 4) is 0 Å². The normalized spacial score (nSPS) is 15.1. The van der Waals surface area contributed by atoms with E-state index in [4.69, 9.17) is 5.73 Å². The van der Waals surface area contributed by atoms with Crippen molar-refractivity contribution in [3.63, 3.8) is 0 Å². The average molecular weight is 228 g/mol. The summed E-state index contributed by atoms with van der Waals surface area (Å²) in [6.45, 7) is 2.93. The molecule has 0 amide bonds. The van der Waals surface area contributed by atoms with Gasteiger partial charge in [0.05, 0.1) is 5.69 Å². The molecule has 88 valence electrons. The Morgan fingerprint density at radius 2 is 1.88 bits per heavy atom. The molecule has 17 heavy (non-hydrogen) atoms. The van der Waals surface area contributed by atoms with Gasteiger partial charge in [0, 0.05) is 32.7 Å². The number of fused-ring (bicyclic) bond motifs is 1. The molecule has 1 aromatic carbocycles. The molecule has 0 atom stereocenters. The molecule has 3 rings (SSSR count). The van der Waals surface area contributed by atoms with Crippen LogP contribution in [0.3, 0.4) is 0 Å². The van der Waals surface area contributed by atoms with E-state index in [0.717, 1.165) is 25.3 Å². The Kier molecular flexibility index (Phi) is 2.37. The minimum absolute atomic E-state index is 0.596. The molecule has 0 saturated carbocycles. The van der Waals surface area contributed by atoms with Gasteiger partial charge in [0.2, 0.25) is 0 Å². The molecule has 2 aromatic rings. The van der Waals surface area contributed by atoms with Crippen LogP contribution in [0.25, 0.3) is 0 Å². The molecule has 0 spiro atoms. The Bertz CT molecular complexity index is 519. The molecule has 1 aliphatic heterocycles. The van der Waals surface area contributed by atoms with Crippen molar-refractivity contribution in [1.29, 1.82) is 0 Å². The number of nitrogens with zero attached hydrogens (tertiary/aromatic N) is 3. The molecule has 0 aliphatic carbocycles. The quantitative estimate of drug-likeness (QED) is 0.847. The smallest absolute Gasteiger partial charge is 0.145 e. The van der Waals surface area contributed by atoms with E-state index in [1.165, 1.54) is 11.1 Å². The Morgan fingerprint density at radius 3 is 2.41 bits per heavy atom. The second kappa shape index (κ2) is 3.89. The summed E-state index contributed by atoms with van der Waals surface area (Å²) in [5.41, 5.74) is 9.72. The zero-order valence-electron chi connectivity index (χ0n) is 9.93. The van der Waals surface area contributed by atoms with Gasteiger partial charge < -0.3 is 5.73 Å². The van der Waals surface area contributed by atoms with E-state index in [1.807, 2.05) is 17.8 Å². The standard InChI is InChI=1S/C13H16N4/c1-16-12(6-13(14)15-16)9-17-7-10-4-2-3-5-11(10)8-17/h2-6H,7-9H2,1H3,(H2,14,15). The van der Waals surface area contributed by atoms with Gasteiger partial charge in [-0.3, -0.25) is 9.58 Å². The highest BCUT2D eigenvalue weighted by Gasteiger charge is 2.19. The molecule has 0 radical (unpaired) electrons. The Hall–Kier alpha value is -1.81. The van der Waals surface area contributed by atoms with Crippen LogP contribution in [-0.4, -0.2) is 14.7 Å². The van der Waals surface area contributed by atoms with Gasteiger partial charge in [-0.2, -0.15) is 5.10 Å². The fourth-order valence-corrected chi connectivity index (χ4v) is 2.42. The monoisotopic (exact) mass is 228 g/mol. The van der Waals surface area contributed by atoms with Crippen LogP contribution < -0.4 is 5.73 Å². The van der Waals surface area contributed by atoms with E-state index >= 15 is 0 Å². The molecule has 2 N–H and O–H groups in total. The van der Waals surface area contributed by atoms with E-state index < -0.39 is 0 Å². The molecule has 1 aromatic heterocycles. The molecule has 2 heterocycles. The van der Waals surface area contributed by atoms with Crippen LogP contribution in [0.15, 0.2) is 30.3 Å². The van der Waals surface area contributed by atoms with Crippen LogP contribution in [0.4, 0.5) is 5.82 Å². The maximum atomic E-state index is 5.69. The van der Waals surface area contributed by atoms with Crippen molar-refractivity contribution in [1.82, 2.24) is 14.7 Å². The summed E-state index contributed by atoms with van der Waals surface area (Å²) in [6.07, 6.45) is 0. The molecule has 1 aliphatic rings. The van der Waals surface area contributed by atoms with Gasteiger partial charge in [0.1, 0.15) is 5.82 Å². The van der Waals surface area contributed by atoms with Crippen LogP contribution in [0, 0.1) is 0 Å². The highest BCUT2D eigenvalue weighted by atomic mass is 15.3. The Balaban J connectivity index is 1.76. The number of nitrogen functional groups attached to an aromatic ring is 1. The maximum Gasteiger partial charge on any atom is 0.145 e. The van der Waals surface area contributed by atoms with Gasteiger partial charge in [-0.25, -0.2) is 0 Å². The molecule has 4 nitrogen and oxygen atoms in total. The highest BCUT2D eigenvalue weighted by Crippen LogP contribution is 2.23. The zero-order valence-corrected chi connectivity index (χ0v) is 9.93. The first-order valence-corrected chi connectivity index (χ1v) is 5.80. The van der Waals surface area contributed by atoms with Crippen molar-refractivity contribution in [3.05, 3.63) is 47.2 Å². The molecule has 4 heteroatoms. The van der Waals surface area contributed by atoms with Crippen molar-refractivity contribution in [2.24, 2.45) is 7.05 Å². The summed E-state index contributed by atoms with van der Waals surface area (Å²) in [5, 5.41) is 4.17. The third kappa shape index (κ3) is 1.91. The fourth-order valence-electron chi connectivity index (χ4n) is 2.42. The molecule has 0 saturated heterocycles. The van der Waals surface area contributed by atoms with Crippen LogP contribution in [0.5, 0.6) is 0 Å². The average Bonchev–Trinajstić information content (AvgIpc) is 2.82. The largest absolute Gasteiger partial charge is 0.382 e. The number of nitrogens with two attached hydrogens (primary N) is 1. The number of anilines is 1. The first kappa shape index (κ1) is 10.4. The number of hydrogen-bond donors (Lipinski definition) is 1. The minimum Gasteiger partial charge on any atom is -0.382 e. The van der Waals surface area contributed by atoms with Crippen molar-refractivity contribution >= 4 is 5.82 Å².